The highest BCUT2D eigenvalue weighted by molar-refractivity contribution is 7.89. The third kappa shape index (κ3) is 3.47. The first-order valence-electron chi connectivity index (χ1n) is 6.30. The second kappa shape index (κ2) is 5.78. The minimum atomic E-state index is -3.64. The number of nitrogens with one attached hydrogen (secondary N) is 1. The average molecular weight is 294 g/mol. The van der Waals surface area contributed by atoms with E-state index in [1.807, 2.05) is 26.0 Å². The van der Waals surface area contributed by atoms with E-state index in [9.17, 15) is 8.42 Å². The van der Waals surface area contributed by atoms with E-state index < -0.39 is 10.0 Å². The van der Waals surface area contributed by atoms with E-state index in [0.29, 0.717) is 0 Å². The molecule has 2 unspecified atom stereocenters. The monoisotopic (exact) mass is 294 g/mol. The van der Waals surface area contributed by atoms with Crippen molar-refractivity contribution in [3.05, 3.63) is 54.0 Å². The first kappa shape index (κ1) is 14.8. The zero-order valence-electron chi connectivity index (χ0n) is 11.4. The first-order valence-corrected chi connectivity index (χ1v) is 7.85. The van der Waals surface area contributed by atoms with Crippen LogP contribution in [0.15, 0.2) is 52.0 Å². The maximum absolute atomic E-state index is 11.2. The summed E-state index contributed by atoms with van der Waals surface area (Å²) in [5.74, 6) is 0.859. The van der Waals surface area contributed by atoms with Crippen molar-refractivity contribution >= 4 is 10.0 Å². The third-order valence-electron chi connectivity index (χ3n) is 3.18. The number of sulfonamides is 1. The van der Waals surface area contributed by atoms with Crippen LogP contribution >= 0.6 is 0 Å². The molecule has 1 heterocycles. The van der Waals surface area contributed by atoms with Crippen molar-refractivity contribution in [1.29, 1.82) is 0 Å². The second-order valence-electron chi connectivity index (χ2n) is 4.74. The summed E-state index contributed by atoms with van der Waals surface area (Å²) in [7, 11) is -3.64. The lowest BCUT2D eigenvalue weighted by molar-refractivity contribution is 0.403. The molecule has 1 aromatic carbocycles. The molecule has 0 fully saturated rings. The summed E-state index contributed by atoms with van der Waals surface area (Å²) in [6.07, 6.45) is 1.64. The molecule has 0 aliphatic heterocycles. The van der Waals surface area contributed by atoms with Gasteiger partial charge in [-0.05, 0) is 43.7 Å². The first-order chi connectivity index (χ1) is 9.38. The Bertz CT molecular complexity index is 648. The van der Waals surface area contributed by atoms with Crippen molar-refractivity contribution < 1.29 is 12.8 Å². The van der Waals surface area contributed by atoms with Gasteiger partial charge in [-0.3, -0.25) is 0 Å². The number of rotatable bonds is 5. The Balaban J connectivity index is 2.08. The van der Waals surface area contributed by atoms with E-state index in [1.165, 1.54) is 12.1 Å². The van der Waals surface area contributed by atoms with Gasteiger partial charge in [0.1, 0.15) is 5.76 Å². The zero-order chi connectivity index (χ0) is 14.8. The standard InChI is InChI=1S/C14H18N2O3S/c1-10(16-11(2)14-4-3-9-19-14)12-5-7-13(8-6-12)20(15,17)18/h3-11,16H,1-2H3,(H2,15,17,18). The lowest BCUT2D eigenvalue weighted by Gasteiger charge is -2.19. The van der Waals surface area contributed by atoms with Gasteiger partial charge in [-0.15, -0.1) is 0 Å². The van der Waals surface area contributed by atoms with Crippen molar-refractivity contribution in [3.63, 3.8) is 0 Å². The molecule has 1 aromatic heterocycles. The van der Waals surface area contributed by atoms with E-state index in [-0.39, 0.29) is 17.0 Å². The van der Waals surface area contributed by atoms with Crippen molar-refractivity contribution in [2.45, 2.75) is 30.8 Å². The normalized spacial score (nSPS) is 14.9. The summed E-state index contributed by atoms with van der Waals surface area (Å²) in [5, 5.41) is 8.45. The van der Waals surface area contributed by atoms with Crippen LogP contribution in [0, 0.1) is 0 Å². The summed E-state index contributed by atoms with van der Waals surface area (Å²) in [6.45, 7) is 4.01. The van der Waals surface area contributed by atoms with Crippen molar-refractivity contribution in [2.24, 2.45) is 5.14 Å². The predicted octanol–water partition coefficient (Wildman–Crippen LogP) is 2.34. The fraction of sp³-hybridized carbons (Fsp3) is 0.286. The van der Waals surface area contributed by atoms with Crippen LogP contribution in [0.5, 0.6) is 0 Å². The van der Waals surface area contributed by atoms with E-state index in [2.05, 4.69) is 5.32 Å². The summed E-state index contributed by atoms with van der Waals surface area (Å²) in [5.41, 5.74) is 0.982. The Morgan fingerprint density at radius 1 is 1.10 bits per heavy atom. The summed E-state index contributed by atoms with van der Waals surface area (Å²) >= 11 is 0. The van der Waals surface area contributed by atoms with Gasteiger partial charge < -0.3 is 9.73 Å². The van der Waals surface area contributed by atoms with Gasteiger partial charge in [0, 0.05) is 6.04 Å². The molecule has 0 saturated carbocycles. The van der Waals surface area contributed by atoms with Gasteiger partial charge in [-0.2, -0.15) is 0 Å². The SMILES string of the molecule is CC(NC(C)c1ccco1)c1ccc(S(N)(=O)=O)cc1. The summed E-state index contributed by atoms with van der Waals surface area (Å²) in [6, 6.07) is 10.4. The molecule has 3 N–H and O–H groups in total. The predicted molar refractivity (Wildman–Crippen MR) is 76.5 cm³/mol. The van der Waals surface area contributed by atoms with Crippen molar-refractivity contribution in [1.82, 2.24) is 5.32 Å². The maximum Gasteiger partial charge on any atom is 0.238 e. The molecule has 2 atom stereocenters. The van der Waals surface area contributed by atoms with E-state index in [4.69, 9.17) is 9.56 Å². The van der Waals surface area contributed by atoms with Gasteiger partial charge in [0.2, 0.25) is 10.0 Å². The molecular weight excluding hydrogens is 276 g/mol. The van der Waals surface area contributed by atoms with Gasteiger partial charge in [0.05, 0.1) is 17.2 Å². The fourth-order valence-corrected chi connectivity index (χ4v) is 2.55. The third-order valence-corrected chi connectivity index (χ3v) is 4.11. The molecule has 0 aliphatic carbocycles. The molecular formula is C14H18N2O3S. The Hall–Kier alpha value is -1.63. The van der Waals surface area contributed by atoms with Crippen LogP contribution in [0.3, 0.4) is 0 Å². The smallest absolute Gasteiger partial charge is 0.238 e. The highest BCUT2D eigenvalue weighted by Gasteiger charge is 2.14. The topological polar surface area (TPSA) is 85.3 Å². The van der Waals surface area contributed by atoms with Crippen LogP contribution in [0.2, 0.25) is 0 Å². The number of furan rings is 1. The van der Waals surface area contributed by atoms with Gasteiger partial charge in [0.25, 0.3) is 0 Å². The molecule has 5 nitrogen and oxygen atoms in total. The molecule has 0 saturated heterocycles. The molecule has 0 amide bonds. The largest absolute Gasteiger partial charge is 0.468 e. The molecule has 0 spiro atoms. The Kier molecular flexibility index (Phi) is 4.27. The zero-order valence-corrected chi connectivity index (χ0v) is 12.2. The molecule has 6 heteroatoms. The highest BCUT2D eigenvalue weighted by atomic mass is 32.2. The van der Waals surface area contributed by atoms with Crippen LogP contribution in [0.4, 0.5) is 0 Å². The molecule has 20 heavy (non-hydrogen) atoms. The molecule has 0 radical (unpaired) electrons. The minimum Gasteiger partial charge on any atom is -0.468 e. The van der Waals surface area contributed by atoms with Crippen LogP contribution in [-0.2, 0) is 10.0 Å². The van der Waals surface area contributed by atoms with E-state index in [1.54, 1.807) is 18.4 Å². The number of hydrogen-bond donors (Lipinski definition) is 2. The van der Waals surface area contributed by atoms with Crippen LogP contribution < -0.4 is 10.5 Å². The number of nitrogens with two attached hydrogens (primary N) is 1. The quantitative estimate of drug-likeness (QED) is 0.886. The van der Waals surface area contributed by atoms with Crippen LogP contribution in [0.1, 0.15) is 37.3 Å². The van der Waals surface area contributed by atoms with E-state index >= 15 is 0 Å². The van der Waals surface area contributed by atoms with Crippen LogP contribution in [0.25, 0.3) is 0 Å². The summed E-state index contributed by atoms with van der Waals surface area (Å²) < 4.78 is 27.7. The lowest BCUT2D eigenvalue weighted by atomic mass is 10.1. The van der Waals surface area contributed by atoms with Gasteiger partial charge in [-0.25, -0.2) is 13.6 Å². The molecule has 108 valence electrons. The lowest BCUT2D eigenvalue weighted by Crippen LogP contribution is -2.22. The maximum atomic E-state index is 11.2. The minimum absolute atomic E-state index is 0.0598. The fourth-order valence-electron chi connectivity index (χ4n) is 2.04. The van der Waals surface area contributed by atoms with Crippen LogP contribution in [-0.4, -0.2) is 8.42 Å². The van der Waals surface area contributed by atoms with Gasteiger partial charge >= 0.3 is 0 Å². The average Bonchev–Trinajstić information content (AvgIpc) is 2.91. The van der Waals surface area contributed by atoms with E-state index in [0.717, 1.165) is 11.3 Å². The van der Waals surface area contributed by atoms with Gasteiger partial charge in [-0.1, -0.05) is 12.1 Å². The molecule has 2 rings (SSSR count). The number of benzene rings is 1. The van der Waals surface area contributed by atoms with Crippen molar-refractivity contribution in [2.75, 3.05) is 0 Å². The Morgan fingerprint density at radius 2 is 1.75 bits per heavy atom. The van der Waals surface area contributed by atoms with Crippen molar-refractivity contribution in [3.8, 4) is 0 Å². The van der Waals surface area contributed by atoms with Gasteiger partial charge in [0.15, 0.2) is 0 Å². The molecule has 0 bridgehead atoms. The number of hydrogen-bond acceptors (Lipinski definition) is 4. The highest BCUT2D eigenvalue weighted by Crippen LogP contribution is 2.20. The number of primary sulfonamides is 1. The Morgan fingerprint density at radius 3 is 2.25 bits per heavy atom. The Labute approximate surface area is 118 Å². The molecule has 0 aliphatic rings. The molecule has 2 aromatic rings. The second-order valence-corrected chi connectivity index (χ2v) is 6.30. The summed E-state index contributed by atoms with van der Waals surface area (Å²) in [4.78, 5) is 0.118.